The predicted molar refractivity (Wildman–Crippen MR) is 84.3 cm³/mol. The van der Waals surface area contributed by atoms with Crippen molar-refractivity contribution in [2.45, 2.75) is 0 Å². The molecule has 0 radical (unpaired) electrons. The van der Waals surface area contributed by atoms with Crippen LogP contribution in [-0.4, -0.2) is 10.8 Å². The molecule has 1 aromatic heterocycles. The van der Waals surface area contributed by atoms with E-state index in [9.17, 15) is 0 Å². The topological polar surface area (TPSA) is 72.0 Å². The molecule has 0 atom stereocenters. The highest BCUT2D eigenvalue weighted by atomic mass is 35.5. The van der Waals surface area contributed by atoms with E-state index < -0.39 is 0 Å². The molecule has 0 saturated carbocycles. The summed E-state index contributed by atoms with van der Waals surface area (Å²) in [5.41, 5.74) is 6.83. The molecule has 0 aliphatic carbocycles. The molecule has 3 rings (SSSR count). The fraction of sp³-hybridized carbons (Fsp3) is 0. The van der Waals surface area contributed by atoms with Gasteiger partial charge in [0.25, 0.3) is 0 Å². The number of ether oxygens (including phenoxy) is 1. The third-order valence-electron chi connectivity index (χ3n) is 3.02. The standard InChI is InChI=1S/C16H12ClN3O/c17-12-6-2-4-8-14(12)21-16-11(15(18)19)9-10-5-1-3-7-13(10)20-16/h1-9H,(H3,18,19). The van der Waals surface area contributed by atoms with E-state index in [1.54, 1.807) is 18.2 Å². The molecule has 3 N–H and O–H groups in total. The van der Waals surface area contributed by atoms with E-state index in [0.717, 1.165) is 10.9 Å². The minimum atomic E-state index is -0.102. The van der Waals surface area contributed by atoms with Crippen LogP contribution in [0.4, 0.5) is 0 Å². The molecule has 104 valence electrons. The second kappa shape index (κ2) is 5.42. The molecule has 5 heteroatoms. The van der Waals surface area contributed by atoms with Gasteiger partial charge >= 0.3 is 0 Å². The summed E-state index contributed by atoms with van der Waals surface area (Å²) >= 11 is 6.09. The van der Waals surface area contributed by atoms with Gasteiger partial charge in [0, 0.05) is 5.39 Å². The van der Waals surface area contributed by atoms with Crippen molar-refractivity contribution in [3.63, 3.8) is 0 Å². The van der Waals surface area contributed by atoms with Crippen LogP contribution in [-0.2, 0) is 0 Å². The van der Waals surface area contributed by atoms with Gasteiger partial charge in [-0.25, -0.2) is 4.98 Å². The van der Waals surface area contributed by atoms with E-state index in [1.807, 2.05) is 36.4 Å². The Hall–Kier alpha value is -2.59. The third kappa shape index (κ3) is 2.66. The summed E-state index contributed by atoms with van der Waals surface area (Å²) < 4.78 is 5.75. The van der Waals surface area contributed by atoms with E-state index in [-0.39, 0.29) is 11.7 Å². The molecule has 0 aliphatic rings. The number of pyridine rings is 1. The average molecular weight is 298 g/mol. The van der Waals surface area contributed by atoms with Crippen molar-refractivity contribution in [3.05, 3.63) is 65.2 Å². The van der Waals surface area contributed by atoms with Crippen LogP contribution >= 0.6 is 11.6 Å². The van der Waals surface area contributed by atoms with Crippen LogP contribution in [0.5, 0.6) is 11.6 Å². The lowest BCUT2D eigenvalue weighted by atomic mass is 10.1. The van der Waals surface area contributed by atoms with Crippen molar-refractivity contribution in [2.24, 2.45) is 5.73 Å². The number of nitrogens with zero attached hydrogens (tertiary/aromatic N) is 1. The maximum Gasteiger partial charge on any atom is 0.230 e. The molecule has 0 spiro atoms. The maximum atomic E-state index is 7.70. The highest BCUT2D eigenvalue weighted by Crippen LogP contribution is 2.31. The number of amidine groups is 1. The molecule has 2 aromatic carbocycles. The average Bonchev–Trinajstić information content (AvgIpc) is 2.48. The van der Waals surface area contributed by atoms with Gasteiger partial charge < -0.3 is 10.5 Å². The predicted octanol–water partition coefficient (Wildman–Crippen LogP) is 3.96. The van der Waals surface area contributed by atoms with Crippen molar-refractivity contribution in [1.29, 1.82) is 5.41 Å². The van der Waals surface area contributed by atoms with Gasteiger partial charge in [0.15, 0.2) is 0 Å². The molecule has 3 aromatic rings. The van der Waals surface area contributed by atoms with Crippen molar-refractivity contribution >= 4 is 28.3 Å². The smallest absolute Gasteiger partial charge is 0.230 e. The lowest BCUT2D eigenvalue weighted by Crippen LogP contribution is -2.13. The summed E-state index contributed by atoms with van der Waals surface area (Å²) in [5, 5.41) is 9.07. The molecule has 0 unspecified atom stereocenters. The Balaban J connectivity index is 2.14. The molecular weight excluding hydrogens is 286 g/mol. The molecule has 21 heavy (non-hydrogen) atoms. The third-order valence-corrected chi connectivity index (χ3v) is 3.33. The van der Waals surface area contributed by atoms with Gasteiger partial charge in [0.05, 0.1) is 16.1 Å². The number of nitrogens with one attached hydrogen (secondary N) is 1. The number of nitrogen functional groups attached to an aromatic ring is 1. The summed E-state index contributed by atoms with van der Waals surface area (Å²) in [6, 6.07) is 16.5. The lowest BCUT2D eigenvalue weighted by Gasteiger charge is -2.11. The number of aromatic nitrogens is 1. The Morgan fingerprint density at radius 2 is 1.81 bits per heavy atom. The van der Waals surface area contributed by atoms with Gasteiger partial charge in [0.2, 0.25) is 5.88 Å². The highest BCUT2D eigenvalue weighted by molar-refractivity contribution is 6.32. The minimum Gasteiger partial charge on any atom is -0.437 e. The summed E-state index contributed by atoms with van der Waals surface area (Å²) in [7, 11) is 0. The Labute approximate surface area is 126 Å². The minimum absolute atomic E-state index is 0.102. The zero-order valence-corrected chi connectivity index (χ0v) is 11.8. The van der Waals surface area contributed by atoms with Crippen molar-refractivity contribution in [3.8, 4) is 11.6 Å². The van der Waals surface area contributed by atoms with Crippen LogP contribution < -0.4 is 10.5 Å². The molecule has 1 heterocycles. The first-order valence-electron chi connectivity index (χ1n) is 6.32. The molecular formula is C16H12ClN3O. The van der Waals surface area contributed by atoms with Crippen LogP contribution in [0.3, 0.4) is 0 Å². The summed E-state index contributed by atoms with van der Waals surface area (Å²) in [4.78, 5) is 4.43. The fourth-order valence-corrected chi connectivity index (χ4v) is 2.17. The number of para-hydroxylation sites is 2. The maximum absolute atomic E-state index is 7.70. The van der Waals surface area contributed by atoms with Gasteiger partial charge in [-0.05, 0) is 24.3 Å². The van der Waals surface area contributed by atoms with Gasteiger partial charge in [-0.15, -0.1) is 0 Å². The SMILES string of the molecule is N=C(N)c1cc2ccccc2nc1Oc1ccccc1Cl. The van der Waals surface area contributed by atoms with Crippen LogP contribution in [0.15, 0.2) is 54.6 Å². The second-order valence-electron chi connectivity index (χ2n) is 4.48. The van der Waals surface area contributed by atoms with E-state index >= 15 is 0 Å². The Kier molecular flexibility index (Phi) is 3.46. The summed E-state index contributed by atoms with van der Waals surface area (Å²) in [5.74, 6) is 0.647. The second-order valence-corrected chi connectivity index (χ2v) is 4.89. The zero-order chi connectivity index (χ0) is 14.8. The van der Waals surface area contributed by atoms with E-state index in [1.165, 1.54) is 0 Å². The van der Waals surface area contributed by atoms with E-state index in [0.29, 0.717) is 16.3 Å². The molecule has 0 fully saturated rings. The Morgan fingerprint density at radius 1 is 1.10 bits per heavy atom. The molecule has 0 bridgehead atoms. The summed E-state index contributed by atoms with van der Waals surface area (Å²) in [6.07, 6.45) is 0. The van der Waals surface area contributed by atoms with Crippen LogP contribution in [0.25, 0.3) is 10.9 Å². The number of halogens is 1. The van der Waals surface area contributed by atoms with Crippen molar-refractivity contribution < 1.29 is 4.74 Å². The Morgan fingerprint density at radius 3 is 2.57 bits per heavy atom. The molecule has 0 saturated heterocycles. The number of nitrogens with two attached hydrogens (primary N) is 1. The zero-order valence-electron chi connectivity index (χ0n) is 11.0. The van der Waals surface area contributed by atoms with E-state index in [2.05, 4.69) is 4.98 Å². The van der Waals surface area contributed by atoms with Gasteiger partial charge in [-0.1, -0.05) is 41.9 Å². The quantitative estimate of drug-likeness (QED) is 0.567. The van der Waals surface area contributed by atoms with Gasteiger partial charge in [-0.2, -0.15) is 0 Å². The Bertz CT molecular complexity index is 833. The first-order valence-corrected chi connectivity index (χ1v) is 6.69. The fourth-order valence-electron chi connectivity index (χ4n) is 2.00. The number of rotatable bonds is 3. The highest BCUT2D eigenvalue weighted by Gasteiger charge is 2.13. The van der Waals surface area contributed by atoms with Crippen LogP contribution in [0.1, 0.15) is 5.56 Å². The monoisotopic (exact) mass is 297 g/mol. The largest absolute Gasteiger partial charge is 0.437 e. The summed E-state index contributed by atoms with van der Waals surface area (Å²) in [6.45, 7) is 0. The first kappa shape index (κ1) is 13.4. The van der Waals surface area contributed by atoms with Crippen LogP contribution in [0.2, 0.25) is 5.02 Å². The van der Waals surface area contributed by atoms with Gasteiger partial charge in [-0.3, -0.25) is 5.41 Å². The molecule has 0 aliphatic heterocycles. The number of hydrogen-bond acceptors (Lipinski definition) is 3. The number of fused-ring (bicyclic) bond motifs is 1. The number of benzene rings is 2. The first-order chi connectivity index (χ1) is 10.1. The normalized spacial score (nSPS) is 10.5. The van der Waals surface area contributed by atoms with Crippen LogP contribution in [0, 0.1) is 5.41 Å². The molecule has 4 nitrogen and oxygen atoms in total. The number of hydrogen-bond donors (Lipinski definition) is 2. The van der Waals surface area contributed by atoms with Crippen molar-refractivity contribution in [2.75, 3.05) is 0 Å². The molecule has 0 amide bonds. The van der Waals surface area contributed by atoms with Crippen molar-refractivity contribution in [1.82, 2.24) is 4.98 Å². The lowest BCUT2D eigenvalue weighted by molar-refractivity contribution is 0.464. The van der Waals surface area contributed by atoms with E-state index in [4.69, 9.17) is 27.5 Å². The van der Waals surface area contributed by atoms with Gasteiger partial charge in [0.1, 0.15) is 11.6 Å².